The van der Waals surface area contributed by atoms with E-state index in [1.807, 2.05) is 0 Å². The van der Waals surface area contributed by atoms with Crippen LogP contribution >= 0.6 is 0 Å². The highest BCUT2D eigenvalue weighted by atomic mass is 16.3. The molecule has 0 amide bonds. The van der Waals surface area contributed by atoms with Crippen LogP contribution in [-0.4, -0.2) is 59.8 Å². The summed E-state index contributed by atoms with van der Waals surface area (Å²) in [7, 11) is 2.20. The molecule has 1 N–H and O–H groups in total. The number of nitrogens with zero attached hydrogens (tertiary/aromatic N) is 2. The number of aliphatic hydroxyl groups is 1. The molecule has 2 unspecified atom stereocenters. The van der Waals surface area contributed by atoms with E-state index in [0.29, 0.717) is 24.7 Å². The minimum atomic E-state index is 0.342. The molecule has 14 heavy (non-hydrogen) atoms. The Morgan fingerprint density at radius 2 is 2.21 bits per heavy atom. The quantitative estimate of drug-likeness (QED) is 0.701. The molecule has 2 heterocycles. The van der Waals surface area contributed by atoms with Crippen molar-refractivity contribution in [1.82, 2.24) is 9.80 Å². The zero-order valence-electron chi connectivity index (χ0n) is 9.32. The van der Waals surface area contributed by atoms with E-state index in [1.165, 1.54) is 32.4 Å². The molecule has 0 spiro atoms. The summed E-state index contributed by atoms with van der Waals surface area (Å²) in [6, 6.07) is 1.84. The number of rotatable bonds is 2. The lowest BCUT2D eigenvalue weighted by atomic mass is 10.1. The van der Waals surface area contributed by atoms with Crippen LogP contribution in [0.1, 0.15) is 26.2 Å². The molecular weight excluding hydrogens is 176 g/mol. The largest absolute Gasteiger partial charge is 0.395 e. The van der Waals surface area contributed by atoms with Crippen molar-refractivity contribution in [2.24, 2.45) is 0 Å². The monoisotopic (exact) mass is 198 g/mol. The molecule has 0 aromatic heterocycles. The first kappa shape index (κ1) is 10.4. The van der Waals surface area contributed by atoms with Gasteiger partial charge in [0.15, 0.2) is 0 Å². The van der Waals surface area contributed by atoms with E-state index in [0.717, 1.165) is 0 Å². The highest BCUT2D eigenvalue weighted by Gasteiger charge is 2.35. The molecule has 2 fully saturated rings. The molecule has 3 heteroatoms. The lowest BCUT2D eigenvalue weighted by Crippen LogP contribution is -2.42. The van der Waals surface area contributed by atoms with E-state index in [-0.39, 0.29) is 0 Å². The lowest BCUT2D eigenvalue weighted by molar-refractivity contribution is 0.121. The molecule has 0 aromatic carbocycles. The third-order valence-electron chi connectivity index (χ3n) is 3.97. The highest BCUT2D eigenvalue weighted by Crippen LogP contribution is 2.27. The molecule has 2 aliphatic heterocycles. The van der Waals surface area contributed by atoms with Crippen LogP contribution < -0.4 is 0 Å². The van der Waals surface area contributed by atoms with Crippen LogP contribution in [0.3, 0.4) is 0 Å². The maximum absolute atomic E-state index is 9.27. The number of likely N-dealkylation sites (N-methyl/N-ethyl adjacent to an activating group) is 1. The molecule has 0 radical (unpaired) electrons. The molecule has 3 atom stereocenters. The van der Waals surface area contributed by atoms with E-state index < -0.39 is 0 Å². The van der Waals surface area contributed by atoms with Crippen molar-refractivity contribution in [2.75, 3.05) is 26.7 Å². The first-order valence-electron chi connectivity index (χ1n) is 5.79. The SMILES string of the molecule is CC1CC(N2CCC[C@H]2CO)CN1C. The summed E-state index contributed by atoms with van der Waals surface area (Å²) in [6.45, 7) is 5.01. The van der Waals surface area contributed by atoms with Crippen LogP contribution in [0.25, 0.3) is 0 Å². The van der Waals surface area contributed by atoms with E-state index >= 15 is 0 Å². The summed E-state index contributed by atoms with van der Waals surface area (Å²) < 4.78 is 0. The Bertz CT molecular complexity index is 188. The number of aliphatic hydroxyl groups excluding tert-OH is 1. The van der Waals surface area contributed by atoms with Gasteiger partial charge >= 0.3 is 0 Å². The second kappa shape index (κ2) is 4.17. The van der Waals surface area contributed by atoms with Crippen molar-refractivity contribution in [1.29, 1.82) is 0 Å². The Morgan fingerprint density at radius 1 is 1.43 bits per heavy atom. The number of likely N-dealkylation sites (tertiary alicyclic amines) is 2. The molecule has 2 rings (SSSR count). The summed E-state index contributed by atoms with van der Waals surface area (Å²) >= 11 is 0. The Hall–Kier alpha value is -0.120. The molecule has 2 aliphatic rings. The van der Waals surface area contributed by atoms with Crippen LogP contribution in [0.2, 0.25) is 0 Å². The van der Waals surface area contributed by atoms with Gasteiger partial charge in [-0.05, 0) is 39.8 Å². The van der Waals surface area contributed by atoms with Gasteiger partial charge in [-0.1, -0.05) is 0 Å². The summed E-state index contributed by atoms with van der Waals surface area (Å²) in [5.41, 5.74) is 0. The molecule has 0 bridgehead atoms. The van der Waals surface area contributed by atoms with Gasteiger partial charge in [0.1, 0.15) is 0 Å². The van der Waals surface area contributed by atoms with Crippen LogP contribution in [0.4, 0.5) is 0 Å². The van der Waals surface area contributed by atoms with Gasteiger partial charge in [-0.15, -0.1) is 0 Å². The topological polar surface area (TPSA) is 26.7 Å². The Balaban J connectivity index is 1.95. The third kappa shape index (κ3) is 1.81. The zero-order valence-corrected chi connectivity index (χ0v) is 9.32. The fraction of sp³-hybridized carbons (Fsp3) is 1.00. The molecule has 0 saturated carbocycles. The first-order valence-corrected chi connectivity index (χ1v) is 5.79. The van der Waals surface area contributed by atoms with Gasteiger partial charge in [-0.25, -0.2) is 0 Å². The highest BCUT2D eigenvalue weighted by molar-refractivity contribution is 4.92. The summed E-state index contributed by atoms with van der Waals surface area (Å²) in [5, 5.41) is 9.27. The first-order chi connectivity index (χ1) is 6.72. The van der Waals surface area contributed by atoms with Crippen LogP contribution in [0.5, 0.6) is 0 Å². The average Bonchev–Trinajstić information content (AvgIpc) is 2.73. The molecular formula is C11H22N2O. The maximum atomic E-state index is 9.27. The molecule has 3 nitrogen and oxygen atoms in total. The van der Waals surface area contributed by atoms with Gasteiger partial charge in [0.05, 0.1) is 6.61 Å². The fourth-order valence-corrected chi connectivity index (χ4v) is 2.94. The normalized spacial score (nSPS) is 40.9. The van der Waals surface area contributed by atoms with Crippen molar-refractivity contribution >= 4 is 0 Å². The van der Waals surface area contributed by atoms with Gasteiger partial charge in [0.2, 0.25) is 0 Å². The zero-order chi connectivity index (χ0) is 10.1. The Labute approximate surface area is 86.7 Å². The second-order valence-corrected chi connectivity index (χ2v) is 4.89. The van der Waals surface area contributed by atoms with Gasteiger partial charge in [0.25, 0.3) is 0 Å². The molecule has 0 aliphatic carbocycles. The van der Waals surface area contributed by atoms with Crippen molar-refractivity contribution in [3.63, 3.8) is 0 Å². The van der Waals surface area contributed by atoms with E-state index in [1.54, 1.807) is 0 Å². The number of hydrogen-bond donors (Lipinski definition) is 1. The van der Waals surface area contributed by atoms with Gasteiger partial charge in [0, 0.05) is 24.7 Å². The van der Waals surface area contributed by atoms with Crippen molar-refractivity contribution in [3.8, 4) is 0 Å². The van der Waals surface area contributed by atoms with Crippen LogP contribution in [0, 0.1) is 0 Å². The van der Waals surface area contributed by atoms with E-state index in [4.69, 9.17) is 0 Å². The molecule has 2 saturated heterocycles. The van der Waals surface area contributed by atoms with Crippen molar-refractivity contribution in [3.05, 3.63) is 0 Å². The van der Waals surface area contributed by atoms with Gasteiger partial charge in [-0.2, -0.15) is 0 Å². The minimum absolute atomic E-state index is 0.342. The summed E-state index contributed by atoms with van der Waals surface area (Å²) in [6.07, 6.45) is 3.72. The van der Waals surface area contributed by atoms with Crippen LogP contribution in [0.15, 0.2) is 0 Å². The molecule has 82 valence electrons. The smallest absolute Gasteiger partial charge is 0.0587 e. The van der Waals surface area contributed by atoms with E-state index in [9.17, 15) is 5.11 Å². The Kier molecular flexibility index (Phi) is 3.10. The number of hydrogen-bond acceptors (Lipinski definition) is 3. The second-order valence-electron chi connectivity index (χ2n) is 4.89. The minimum Gasteiger partial charge on any atom is -0.395 e. The summed E-state index contributed by atoms with van der Waals surface area (Å²) in [4.78, 5) is 4.96. The van der Waals surface area contributed by atoms with Crippen molar-refractivity contribution in [2.45, 2.75) is 44.3 Å². The van der Waals surface area contributed by atoms with E-state index in [2.05, 4.69) is 23.8 Å². The predicted molar refractivity (Wildman–Crippen MR) is 57.3 cm³/mol. The van der Waals surface area contributed by atoms with Gasteiger partial charge < -0.3 is 10.0 Å². The average molecular weight is 198 g/mol. The Morgan fingerprint density at radius 3 is 2.79 bits per heavy atom. The lowest BCUT2D eigenvalue weighted by Gasteiger charge is -2.29. The third-order valence-corrected chi connectivity index (χ3v) is 3.97. The fourth-order valence-electron chi connectivity index (χ4n) is 2.94. The predicted octanol–water partition coefficient (Wildman–Crippen LogP) is 0.536. The standard InChI is InChI=1S/C11H22N2O/c1-9-6-11(7-12(9)2)13-5-3-4-10(13)8-14/h9-11,14H,3-8H2,1-2H3/t9?,10-,11?/m0/s1. The summed E-state index contributed by atoms with van der Waals surface area (Å²) in [5.74, 6) is 0. The van der Waals surface area contributed by atoms with Crippen molar-refractivity contribution < 1.29 is 5.11 Å². The van der Waals surface area contributed by atoms with Gasteiger partial charge in [-0.3, -0.25) is 4.90 Å². The van der Waals surface area contributed by atoms with Crippen LogP contribution in [-0.2, 0) is 0 Å². The molecule has 0 aromatic rings. The maximum Gasteiger partial charge on any atom is 0.0587 e.